The van der Waals surface area contributed by atoms with Crippen molar-refractivity contribution in [3.05, 3.63) is 83.4 Å². The van der Waals surface area contributed by atoms with E-state index in [0.717, 1.165) is 0 Å². The quantitative estimate of drug-likeness (QED) is 0.493. The molecule has 0 spiro atoms. The fraction of sp³-hybridized carbons (Fsp3) is 0.250. The van der Waals surface area contributed by atoms with Crippen LogP contribution in [0, 0.1) is 13.8 Å². The summed E-state index contributed by atoms with van der Waals surface area (Å²) in [7, 11) is 0. The zero-order chi connectivity index (χ0) is 16.5. The van der Waals surface area contributed by atoms with Crippen LogP contribution < -0.4 is 0 Å². The van der Waals surface area contributed by atoms with E-state index in [2.05, 4.69) is 80.6 Å². The molecule has 0 amide bonds. The van der Waals surface area contributed by atoms with Crippen molar-refractivity contribution in [3.63, 3.8) is 0 Å². The van der Waals surface area contributed by atoms with Gasteiger partial charge < -0.3 is 0 Å². The third-order valence-corrected chi connectivity index (χ3v) is 5.42. The van der Waals surface area contributed by atoms with Crippen LogP contribution in [0.3, 0.4) is 0 Å². The van der Waals surface area contributed by atoms with Gasteiger partial charge >= 0.3 is 0 Å². The molecule has 0 aliphatic heterocycles. The van der Waals surface area contributed by atoms with E-state index in [0.29, 0.717) is 5.92 Å². The molecule has 0 N–H and O–H groups in total. The Bertz CT molecular complexity index is 851. The second kappa shape index (κ2) is 6.28. The van der Waals surface area contributed by atoms with Gasteiger partial charge in [-0.25, -0.2) is 0 Å². The Hall–Kier alpha value is -2.34. The Labute approximate surface area is 145 Å². The lowest BCUT2D eigenvalue weighted by Crippen LogP contribution is -2.11. The van der Waals surface area contributed by atoms with Crippen molar-refractivity contribution in [2.45, 2.75) is 39.0 Å². The van der Waals surface area contributed by atoms with E-state index < -0.39 is 0 Å². The van der Waals surface area contributed by atoms with Gasteiger partial charge in [-0.15, -0.1) is 0 Å². The Morgan fingerprint density at radius 3 is 2.00 bits per heavy atom. The molecule has 1 saturated carbocycles. The molecule has 0 heteroatoms. The molecule has 0 nitrogen and oxygen atoms in total. The van der Waals surface area contributed by atoms with Crippen molar-refractivity contribution in [3.8, 4) is 22.3 Å². The zero-order valence-corrected chi connectivity index (χ0v) is 14.5. The maximum atomic E-state index is 2.31. The van der Waals surface area contributed by atoms with Crippen molar-refractivity contribution in [1.82, 2.24) is 0 Å². The van der Waals surface area contributed by atoms with Crippen molar-refractivity contribution < 1.29 is 0 Å². The van der Waals surface area contributed by atoms with Gasteiger partial charge in [0.15, 0.2) is 0 Å². The minimum atomic E-state index is 0.706. The van der Waals surface area contributed by atoms with Gasteiger partial charge in [-0.1, -0.05) is 78.7 Å². The molecule has 24 heavy (non-hydrogen) atoms. The third kappa shape index (κ3) is 2.67. The second-order valence-corrected chi connectivity index (χ2v) is 7.08. The number of hydrogen-bond acceptors (Lipinski definition) is 0. The standard InChI is InChI=1S/C24H24/c1-17-13-15-19(16-14-17)22-11-6-12-23(24(22)20-8-5-9-20)21-10-4-3-7-18(21)2/h3-4,6-7,10-16,20H,5,8-9H2,1-2H3. The van der Waals surface area contributed by atoms with Gasteiger partial charge in [-0.3, -0.25) is 0 Å². The van der Waals surface area contributed by atoms with E-state index in [4.69, 9.17) is 0 Å². The lowest BCUT2D eigenvalue weighted by atomic mass is 9.74. The fourth-order valence-electron chi connectivity index (χ4n) is 3.80. The second-order valence-electron chi connectivity index (χ2n) is 7.08. The van der Waals surface area contributed by atoms with Crippen molar-refractivity contribution in [2.24, 2.45) is 0 Å². The van der Waals surface area contributed by atoms with Gasteiger partial charge in [0.05, 0.1) is 0 Å². The van der Waals surface area contributed by atoms with Gasteiger partial charge in [0.2, 0.25) is 0 Å². The van der Waals surface area contributed by atoms with Gasteiger partial charge in [-0.05, 0) is 66.0 Å². The number of rotatable bonds is 3. The van der Waals surface area contributed by atoms with Gasteiger partial charge in [0.1, 0.15) is 0 Å². The first-order chi connectivity index (χ1) is 11.7. The summed E-state index contributed by atoms with van der Waals surface area (Å²) >= 11 is 0. The first-order valence-corrected chi connectivity index (χ1v) is 9.00. The van der Waals surface area contributed by atoms with Gasteiger partial charge in [0.25, 0.3) is 0 Å². The summed E-state index contributed by atoms with van der Waals surface area (Å²) in [6, 6.07) is 24.6. The van der Waals surface area contributed by atoms with Crippen LogP contribution >= 0.6 is 0 Å². The molecule has 0 unspecified atom stereocenters. The molecule has 1 aliphatic rings. The Kier molecular flexibility index (Phi) is 3.98. The number of hydrogen-bond donors (Lipinski definition) is 0. The molecular formula is C24H24. The van der Waals surface area contributed by atoms with Crippen LogP contribution in [0.5, 0.6) is 0 Å². The zero-order valence-electron chi connectivity index (χ0n) is 14.5. The number of aryl methyl sites for hydroxylation is 2. The smallest absolute Gasteiger partial charge is 0.0140 e. The molecule has 0 atom stereocenters. The monoisotopic (exact) mass is 312 g/mol. The molecular weight excluding hydrogens is 288 g/mol. The molecule has 0 bridgehead atoms. The lowest BCUT2D eigenvalue weighted by Gasteiger charge is -2.31. The van der Waals surface area contributed by atoms with Crippen molar-refractivity contribution >= 4 is 0 Å². The Morgan fingerprint density at radius 1 is 0.667 bits per heavy atom. The highest BCUT2D eigenvalue weighted by molar-refractivity contribution is 5.81. The highest BCUT2D eigenvalue weighted by atomic mass is 14.3. The van der Waals surface area contributed by atoms with Crippen LogP contribution in [-0.4, -0.2) is 0 Å². The molecule has 0 aromatic heterocycles. The summed E-state index contributed by atoms with van der Waals surface area (Å²) in [6.07, 6.45) is 4.00. The summed E-state index contributed by atoms with van der Waals surface area (Å²) in [5.74, 6) is 0.706. The molecule has 0 radical (unpaired) electrons. The van der Waals surface area contributed by atoms with Crippen molar-refractivity contribution in [2.75, 3.05) is 0 Å². The SMILES string of the molecule is Cc1ccc(-c2cccc(-c3ccccc3C)c2C2CCC2)cc1. The van der Waals surface area contributed by atoms with Crippen LogP contribution in [0.15, 0.2) is 66.7 Å². The summed E-state index contributed by atoms with van der Waals surface area (Å²) in [5, 5.41) is 0. The molecule has 1 aliphatic carbocycles. The molecule has 0 saturated heterocycles. The van der Waals surface area contributed by atoms with E-state index >= 15 is 0 Å². The molecule has 1 fully saturated rings. The predicted molar refractivity (Wildman–Crippen MR) is 103 cm³/mol. The minimum absolute atomic E-state index is 0.706. The van der Waals surface area contributed by atoms with Gasteiger partial charge in [-0.2, -0.15) is 0 Å². The Morgan fingerprint density at radius 2 is 1.33 bits per heavy atom. The van der Waals surface area contributed by atoms with E-state index in [1.54, 1.807) is 5.56 Å². The molecule has 3 aromatic carbocycles. The Balaban J connectivity index is 1.93. The summed E-state index contributed by atoms with van der Waals surface area (Å²) in [4.78, 5) is 0. The topological polar surface area (TPSA) is 0 Å². The maximum absolute atomic E-state index is 2.31. The normalized spacial score (nSPS) is 14.4. The largest absolute Gasteiger partial charge is 0.0620 e. The first-order valence-electron chi connectivity index (χ1n) is 9.00. The molecule has 120 valence electrons. The summed E-state index contributed by atoms with van der Waals surface area (Å²) in [6.45, 7) is 4.37. The maximum Gasteiger partial charge on any atom is -0.0140 e. The van der Waals surface area contributed by atoms with Crippen molar-refractivity contribution in [1.29, 1.82) is 0 Å². The van der Waals surface area contributed by atoms with Crippen LogP contribution in [0.2, 0.25) is 0 Å². The average Bonchev–Trinajstić information content (AvgIpc) is 2.55. The molecule has 4 rings (SSSR count). The summed E-state index contributed by atoms with van der Waals surface area (Å²) in [5.41, 5.74) is 9.81. The first kappa shape index (κ1) is 15.2. The van der Waals surface area contributed by atoms with E-state index in [-0.39, 0.29) is 0 Å². The highest BCUT2D eigenvalue weighted by Gasteiger charge is 2.26. The number of benzene rings is 3. The van der Waals surface area contributed by atoms with Crippen LogP contribution in [0.4, 0.5) is 0 Å². The summed E-state index contributed by atoms with van der Waals surface area (Å²) < 4.78 is 0. The minimum Gasteiger partial charge on any atom is -0.0620 e. The highest BCUT2D eigenvalue weighted by Crippen LogP contribution is 2.46. The molecule has 3 aromatic rings. The fourth-order valence-corrected chi connectivity index (χ4v) is 3.80. The molecule has 0 heterocycles. The lowest BCUT2D eigenvalue weighted by molar-refractivity contribution is 0.421. The average molecular weight is 312 g/mol. The van der Waals surface area contributed by atoms with Crippen LogP contribution in [-0.2, 0) is 0 Å². The predicted octanol–water partition coefficient (Wildman–Crippen LogP) is 6.90. The van der Waals surface area contributed by atoms with E-state index in [1.807, 2.05) is 0 Å². The third-order valence-electron chi connectivity index (χ3n) is 5.42. The van der Waals surface area contributed by atoms with Gasteiger partial charge in [0, 0.05) is 0 Å². The van der Waals surface area contributed by atoms with E-state index in [9.17, 15) is 0 Å². The van der Waals surface area contributed by atoms with Crippen LogP contribution in [0.25, 0.3) is 22.3 Å². The van der Waals surface area contributed by atoms with E-state index in [1.165, 1.54) is 52.6 Å². The van der Waals surface area contributed by atoms with Crippen LogP contribution in [0.1, 0.15) is 41.9 Å².